The number of carbonyl (C=O) groups is 1. The molecule has 0 aliphatic carbocycles. The van der Waals surface area contributed by atoms with E-state index >= 15 is 0 Å². The third-order valence-electron chi connectivity index (χ3n) is 2.92. The van der Waals surface area contributed by atoms with Gasteiger partial charge in [-0.05, 0) is 25.0 Å². The summed E-state index contributed by atoms with van der Waals surface area (Å²) >= 11 is 0. The van der Waals surface area contributed by atoms with Gasteiger partial charge in [-0.2, -0.15) is 0 Å². The van der Waals surface area contributed by atoms with Crippen LogP contribution in [-0.2, 0) is 14.3 Å². The summed E-state index contributed by atoms with van der Waals surface area (Å²) in [6.07, 6.45) is 3.90. The molecule has 0 unspecified atom stereocenters. The van der Waals surface area contributed by atoms with Gasteiger partial charge >= 0.3 is 0 Å². The molecule has 1 amide bonds. The first-order valence-electron chi connectivity index (χ1n) is 6.45. The summed E-state index contributed by atoms with van der Waals surface area (Å²) in [7, 11) is 0. The van der Waals surface area contributed by atoms with E-state index < -0.39 is 0 Å². The SMILES string of the molecule is Nc1ccc(NC(=O)CCOC2CCOCC2)cn1. The largest absolute Gasteiger partial charge is 0.384 e. The molecule has 0 bridgehead atoms. The minimum atomic E-state index is -0.0846. The number of nitrogens with zero attached hydrogens (tertiary/aromatic N) is 1. The number of rotatable bonds is 5. The Kier molecular flexibility index (Phi) is 5.11. The quantitative estimate of drug-likeness (QED) is 0.835. The van der Waals surface area contributed by atoms with E-state index in [-0.39, 0.29) is 12.0 Å². The number of nitrogen functional groups attached to an aromatic ring is 1. The molecular weight excluding hydrogens is 246 g/mol. The van der Waals surface area contributed by atoms with Crippen molar-refractivity contribution in [1.82, 2.24) is 4.98 Å². The fourth-order valence-corrected chi connectivity index (χ4v) is 1.86. The highest BCUT2D eigenvalue weighted by molar-refractivity contribution is 5.90. The zero-order valence-corrected chi connectivity index (χ0v) is 10.8. The van der Waals surface area contributed by atoms with Crippen LogP contribution >= 0.6 is 0 Å². The molecule has 0 saturated carbocycles. The van der Waals surface area contributed by atoms with E-state index in [1.165, 1.54) is 6.20 Å². The molecule has 0 aromatic carbocycles. The van der Waals surface area contributed by atoms with E-state index in [1.54, 1.807) is 12.1 Å². The summed E-state index contributed by atoms with van der Waals surface area (Å²) in [5.41, 5.74) is 6.11. The minimum absolute atomic E-state index is 0.0846. The van der Waals surface area contributed by atoms with Crippen molar-refractivity contribution >= 4 is 17.4 Å². The first-order valence-corrected chi connectivity index (χ1v) is 6.45. The van der Waals surface area contributed by atoms with E-state index in [2.05, 4.69) is 10.3 Å². The van der Waals surface area contributed by atoms with Gasteiger partial charge in [0, 0.05) is 13.2 Å². The van der Waals surface area contributed by atoms with Crippen molar-refractivity contribution in [2.24, 2.45) is 0 Å². The van der Waals surface area contributed by atoms with Crippen LogP contribution in [0.3, 0.4) is 0 Å². The van der Waals surface area contributed by atoms with Crippen LogP contribution in [0.4, 0.5) is 11.5 Å². The number of aromatic nitrogens is 1. The second-order valence-electron chi connectivity index (χ2n) is 4.45. The number of hydrogen-bond donors (Lipinski definition) is 2. The molecule has 2 rings (SSSR count). The fourth-order valence-electron chi connectivity index (χ4n) is 1.86. The predicted molar refractivity (Wildman–Crippen MR) is 71.7 cm³/mol. The van der Waals surface area contributed by atoms with Crippen LogP contribution in [0.5, 0.6) is 0 Å². The van der Waals surface area contributed by atoms with Crippen molar-refractivity contribution in [2.45, 2.75) is 25.4 Å². The number of hydrogen-bond acceptors (Lipinski definition) is 5. The summed E-state index contributed by atoms with van der Waals surface area (Å²) in [4.78, 5) is 15.6. The standard InChI is InChI=1S/C13H19N3O3/c14-12-2-1-10(9-15-12)16-13(17)5-8-19-11-3-6-18-7-4-11/h1-2,9,11H,3-8H2,(H2,14,15)(H,16,17). The van der Waals surface area contributed by atoms with Crippen molar-refractivity contribution in [1.29, 1.82) is 0 Å². The maximum absolute atomic E-state index is 11.7. The zero-order valence-electron chi connectivity index (χ0n) is 10.8. The molecule has 1 aliphatic rings. The molecular formula is C13H19N3O3. The minimum Gasteiger partial charge on any atom is -0.384 e. The third kappa shape index (κ3) is 4.84. The van der Waals surface area contributed by atoms with Crippen LogP contribution in [0, 0.1) is 0 Å². The molecule has 6 heteroatoms. The van der Waals surface area contributed by atoms with Crippen molar-refractivity contribution in [3.63, 3.8) is 0 Å². The lowest BCUT2D eigenvalue weighted by Gasteiger charge is -2.22. The number of pyridine rings is 1. The lowest BCUT2D eigenvalue weighted by Crippen LogP contribution is -2.25. The number of amides is 1. The second kappa shape index (κ2) is 7.06. The van der Waals surface area contributed by atoms with Gasteiger partial charge in [0.05, 0.1) is 31.0 Å². The van der Waals surface area contributed by atoms with Gasteiger partial charge < -0.3 is 20.5 Å². The van der Waals surface area contributed by atoms with Crippen molar-refractivity contribution in [3.8, 4) is 0 Å². The zero-order chi connectivity index (χ0) is 13.5. The first-order chi connectivity index (χ1) is 9.24. The highest BCUT2D eigenvalue weighted by atomic mass is 16.5. The van der Waals surface area contributed by atoms with Crippen LogP contribution in [-0.4, -0.2) is 36.8 Å². The van der Waals surface area contributed by atoms with Gasteiger partial charge in [0.25, 0.3) is 0 Å². The maximum atomic E-state index is 11.7. The Morgan fingerprint density at radius 2 is 2.26 bits per heavy atom. The molecule has 1 aromatic rings. The highest BCUT2D eigenvalue weighted by Crippen LogP contribution is 2.11. The monoisotopic (exact) mass is 265 g/mol. The smallest absolute Gasteiger partial charge is 0.226 e. The fraction of sp³-hybridized carbons (Fsp3) is 0.538. The van der Waals surface area contributed by atoms with Crippen molar-refractivity contribution in [3.05, 3.63) is 18.3 Å². The Balaban J connectivity index is 1.65. The number of nitrogens with one attached hydrogen (secondary N) is 1. The van der Waals surface area contributed by atoms with E-state index in [9.17, 15) is 4.79 Å². The number of carbonyl (C=O) groups excluding carboxylic acids is 1. The van der Waals surface area contributed by atoms with E-state index in [4.69, 9.17) is 15.2 Å². The van der Waals surface area contributed by atoms with Gasteiger partial charge in [0.2, 0.25) is 5.91 Å². The van der Waals surface area contributed by atoms with Gasteiger partial charge in [-0.3, -0.25) is 4.79 Å². The summed E-state index contributed by atoms with van der Waals surface area (Å²) in [6, 6.07) is 3.37. The van der Waals surface area contributed by atoms with Gasteiger partial charge in [-0.15, -0.1) is 0 Å². The molecule has 1 aromatic heterocycles. The van der Waals surface area contributed by atoms with Gasteiger partial charge in [-0.25, -0.2) is 4.98 Å². The molecule has 1 aliphatic heterocycles. The van der Waals surface area contributed by atoms with Crippen molar-refractivity contribution < 1.29 is 14.3 Å². The molecule has 1 fully saturated rings. The normalized spacial score (nSPS) is 16.2. The van der Waals surface area contributed by atoms with E-state index in [0.717, 1.165) is 26.1 Å². The molecule has 19 heavy (non-hydrogen) atoms. The van der Waals surface area contributed by atoms with Gasteiger partial charge in [0.1, 0.15) is 5.82 Å². The lowest BCUT2D eigenvalue weighted by molar-refractivity contribution is -0.118. The van der Waals surface area contributed by atoms with Gasteiger partial charge in [-0.1, -0.05) is 0 Å². The van der Waals surface area contributed by atoms with Crippen LogP contribution < -0.4 is 11.1 Å². The highest BCUT2D eigenvalue weighted by Gasteiger charge is 2.14. The average molecular weight is 265 g/mol. The molecule has 0 radical (unpaired) electrons. The van der Waals surface area contributed by atoms with Crippen LogP contribution in [0.25, 0.3) is 0 Å². The van der Waals surface area contributed by atoms with Crippen LogP contribution in [0.15, 0.2) is 18.3 Å². The van der Waals surface area contributed by atoms with Crippen LogP contribution in [0.1, 0.15) is 19.3 Å². The van der Waals surface area contributed by atoms with Crippen molar-refractivity contribution in [2.75, 3.05) is 30.9 Å². The summed E-state index contributed by atoms with van der Waals surface area (Å²) in [5.74, 6) is 0.347. The summed E-state index contributed by atoms with van der Waals surface area (Å²) in [6.45, 7) is 1.92. The Morgan fingerprint density at radius 1 is 1.47 bits per heavy atom. The van der Waals surface area contributed by atoms with E-state index in [0.29, 0.717) is 24.5 Å². The molecule has 6 nitrogen and oxygen atoms in total. The Hall–Kier alpha value is -1.66. The lowest BCUT2D eigenvalue weighted by atomic mass is 10.1. The Bertz CT molecular complexity index is 402. The molecule has 1 saturated heterocycles. The van der Waals surface area contributed by atoms with Crippen LogP contribution in [0.2, 0.25) is 0 Å². The Labute approximate surface area is 112 Å². The average Bonchev–Trinajstić information content (AvgIpc) is 2.43. The molecule has 0 atom stereocenters. The number of anilines is 2. The summed E-state index contributed by atoms with van der Waals surface area (Å²) in [5, 5.41) is 2.75. The molecule has 0 spiro atoms. The molecule has 104 valence electrons. The molecule has 2 heterocycles. The third-order valence-corrected chi connectivity index (χ3v) is 2.92. The number of nitrogens with two attached hydrogens (primary N) is 1. The van der Waals surface area contributed by atoms with E-state index in [1.807, 2.05) is 0 Å². The molecule has 3 N–H and O–H groups in total. The second-order valence-corrected chi connectivity index (χ2v) is 4.45. The maximum Gasteiger partial charge on any atom is 0.226 e. The topological polar surface area (TPSA) is 86.5 Å². The predicted octanol–water partition coefficient (Wildman–Crippen LogP) is 1.19. The summed E-state index contributed by atoms with van der Waals surface area (Å²) < 4.78 is 10.9. The Morgan fingerprint density at radius 3 is 2.95 bits per heavy atom. The number of ether oxygens (including phenoxy) is 2. The first kappa shape index (κ1) is 13.8. The van der Waals surface area contributed by atoms with Gasteiger partial charge in [0.15, 0.2) is 0 Å².